The number of carbonyl (C=O) groups excluding carboxylic acids is 2. The van der Waals surface area contributed by atoms with Crippen LogP contribution in [0.4, 0.5) is 4.79 Å². The Kier molecular flexibility index (Phi) is 6.62. The standard InChI is InChI=1S/C11H18N2O4/c1-4-8(7(2)3)12-11(17)13-9(14)5-6-10(15)16/h5-8H,4H2,1-3H3,(H,15,16)(H2,12,13,14,17)/b6-5+. The van der Waals surface area contributed by atoms with Gasteiger partial charge in [-0.3, -0.25) is 10.1 Å². The molecule has 0 aromatic carbocycles. The van der Waals surface area contributed by atoms with Gasteiger partial charge in [0, 0.05) is 18.2 Å². The van der Waals surface area contributed by atoms with Gasteiger partial charge in [-0.2, -0.15) is 0 Å². The van der Waals surface area contributed by atoms with Crippen LogP contribution in [0.25, 0.3) is 0 Å². The second-order valence-electron chi connectivity index (χ2n) is 3.89. The van der Waals surface area contributed by atoms with Crippen molar-refractivity contribution in [3.05, 3.63) is 12.2 Å². The number of imide groups is 1. The molecule has 0 bridgehead atoms. The smallest absolute Gasteiger partial charge is 0.328 e. The molecule has 0 saturated heterocycles. The molecular formula is C11H18N2O4. The molecule has 1 atom stereocenters. The molecule has 6 heteroatoms. The first-order valence-electron chi connectivity index (χ1n) is 5.39. The van der Waals surface area contributed by atoms with E-state index in [0.29, 0.717) is 6.08 Å². The second kappa shape index (κ2) is 7.43. The van der Waals surface area contributed by atoms with Crippen LogP contribution in [0.2, 0.25) is 0 Å². The molecule has 96 valence electrons. The van der Waals surface area contributed by atoms with Crippen molar-refractivity contribution in [2.45, 2.75) is 33.2 Å². The number of nitrogens with one attached hydrogen (secondary N) is 2. The summed E-state index contributed by atoms with van der Waals surface area (Å²) in [5.41, 5.74) is 0. The Morgan fingerprint density at radius 3 is 2.24 bits per heavy atom. The number of amides is 3. The summed E-state index contributed by atoms with van der Waals surface area (Å²) in [6, 6.07) is -0.642. The zero-order chi connectivity index (χ0) is 13.4. The number of hydrogen-bond donors (Lipinski definition) is 3. The summed E-state index contributed by atoms with van der Waals surface area (Å²) < 4.78 is 0. The van der Waals surface area contributed by atoms with Gasteiger partial charge in [-0.05, 0) is 12.3 Å². The highest BCUT2D eigenvalue weighted by Crippen LogP contribution is 2.04. The van der Waals surface area contributed by atoms with E-state index in [1.807, 2.05) is 26.1 Å². The third-order valence-corrected chi connectivity index (χ3v) is 2.18. The molecule has 3 N–H and O–H groups in total. The minimum Gasteiger partial charge on any atom is -0.478 e. The van der Waals surface area contributed by atoms with E-state index < -0.39 is 17.9 Å². The predicted molar refractivity (Wildman–Crippen MR) is 62.4 cm³/mol. The summed E-state index contributed by atoms with van der Waals surface area (Å²) in [7, 11) is 0. The summed E-state index contributed by atoms with van der Waals surface area (Å²) in [6.07, 6.45) is 2.21. The maximum atomic E-state index is 11.3. The Balaban J connectivity index is 4.18. The van der Waals surface area contributed by atoms with Crippen LogP contribution in [-0.4, -0.2) is 29.1 Å². The van der Waals surface area contributed by atoms with Crippen LogP contribution in [0.3, 0.4) is 0 Å². The lowest BCUT2D eigenvalue weighted by molar-refractivity contribution is -0.131. The van der Waals surface area contributed by atoms with E-state index in [2.05, 4.69) is 5.32 Å². The van der Waals surface area contributed by atoms with Gasteiger partial charge in [-0.1, -0.05) is 20.8 Å². The molecular weight excluding hydrogens is 224 g/mol. The third kappa shape index (κ3) is 7.10. The number of aliphatic carboxylic acids is 1. The van der Waals surface area contributed by atoms with Crippen molar-refractivity contribution in [1.82, 2.24) is 10.6 Å². The average molecular weight is 242 g/mol. The van der Waals surface area contributed by atoms with Gasteiger partial charge in [0.15, 0.2) is 0 Å². The molecule has 17 heavy (non-hydrogen) atoms. The minimum absolute atomic E-state index is 0.0220. The van der Waals surface area contributed by atoms with E-state index in [-0.39, 0.29) is 12.0 Å². The van der Waals surface area contributed by atoms with E-state index in [1.54, 1.807) is 0 Å². The van der Waals surface area contributed by atoms with Crippen molar-refractivity contribution in [3.8, 4) is 0 Å². The van der Waals surface area contributed by atoms with Gasteiger partial charge in [-0.15, -0.1) is 0 Å². The van der Waals surface area contributed by atoms with E-state index in [9.17, 15) is 14.4 Å². The molecule has 0 aromatic heterocycles. The van der Waals surface area contributed by atoms with Gasteiger partial charge in [0.2, 0.25) is 0 Å². The van der Waals surface area contributed by atoms with Crippen LogP contribution in [-0.2, 0) is 9.59 Å². The summed E-state index contributed by atoms with van der Waals surface area (Å²) in [6.45, 7) is 5.85. The molecule has 0 aliphatic heterocycles. The first kappa shape index (κ1) is 15.2. The molecule has 6 nitrogen and oxygen atoms in total. The molecule has 0 aromatic rings. The average Bonchev–Trinajstić information content (AvgIpc) is 2.22. The fourth-order valence-corrected chi connectivity index (χ4v) is 1.25. The summed E-state index contributed by atoms with van der Waals surface area (Å²) in [4.78, 5) is 32.6. The lowest BCUT2D eigenvalue weighted by Crippen LogP contribution is -2.45. The van der Waals surface area contributed by atoms with Crippen LogP contribution in [0.15, 0.2) is 12.2 Å². The lowest BCUT2D eigenvalue weighted by atomic mass is 10.0. The molecule has 0 saturated carbocycles. The fourth-order valence-electron chi connectivity index (χ4n) is 1.25. The fraction of sp³-hybridized carbons (Fsp3) is 0.545. The highest BCUT2D eigenvalue weighted by atomic mass is 16.4. The van der Waals surface area contributed by atoms with Crippen LogP contribution >= 0.6 is 0 Å². The zero-order valence-electron chi connectivity index (χ0n) is 10.2. The molecule has 0 aliphatic rings. The Morgan fingerprint density at radius 1 is 1.24 bits per heavy atom. The molecule has 0 heterocycles. The van der Waals surface area contributed by atoms with E-state index in [4.69, 9.17) is 5.11 Å². The number of rotatable bonds is 5. The number of carboxylic acid groups (broad SMARTS) is 1. The van der Waals surface area contributed by atoms with Crippen molar-refractivity contribution in [2.75, 3.05) is 0 Å². The van der Waals surface area contributed by atoms with Crippen molar-refractivity contribution < 1.29 is 19.5 Å². The summed E-state index contributed by atoms with van der Waals surface area (Å²) in [5, 5.41) is 12.9. The molecule has 0 radical (unpaired) electrons. The largest absolute Gasteiger partial charge is 0.478 e. The Hall–Kier alpha value is -1.85. The van der Waals surface area contributed by atoms with Gasteiger partial charge in [-0.25, -0.2) is 9.59 Å². The van der Waals surface area contributed by atoms with Crippen molar-refractivity contribution in [3.63, 3.8) is 0 Å². The molecule has 1 unspecified atom stereocenters. The topological polar surface area (TPSA) is 95.5 Å². The first-order chi connectivity index (χ1) is 7.86. The van der Waals surface area contributed by atoms with Gasteiger partial charge >= 0.3 is 12.0 Å². The lowest BCUT2D eigenvalue weighted by Gasteiger charge is -2.20. The highest BCUT2D eigenvalue weighted by molar-refractivity contribution is 6.02. The van der Waals surface area contributed by atoms with Crippen molar-refractivity contribution in [1.29, 1.82) is 0 Å². The maximum absolute atomic E-state index is 11.3. The van der Waals surface area contributed by atoms with Crippen LogP contribution < -0.4 is 10.6 Å². The van der Waals surface area contributed by atoms with Crippen molar-refractivity contribution in [2.24, 2.45) is 5.92 Å². The number of urea groups is 1. The molecule has 0 rings (SSSR count). The number of hydrogen-bond acceptors (Lipinski definition) is 3. The summed E-state index contributed by atoms with van der Waals surface area (Å²) >= 11 is 0. The zero-order valence-corrected chi connectivity index (χ0v) is 10.2. The van der Waals surface area contributed by atoms with E-state index in [1.165, 1.54) is 0 Å². The SMILES string of the molecule is CCC(NC(=O)NC(=O)/C=C/C(=O)O)C(C)C. The monoisotopic (exact) mass is 242 g/mol. The Bertz CT molecular complexity index is 323. The van der Waals surface area contributed by atoms with Crippen LogP contribution in [0, 0.1) is 5.92 Å². The van der Waals surface area contributed by atoms with E-state index >= 15 is 0 Å². The molecule has 0 fully saturated rings. The normalized spacial score (nSPS) is 12.5. The summed E-state index contributed by atoms with van der Waals surface area (Å²) in [5.74, 6) is -1.74. The van der Waals surface area contributed by atoms with E-state index in [0.717, 1.165) is 12.5 Å². The molecule has 0 aliphatic carbocycles. The van der Waals surface area contributed by atoms with Gasteiger partial charge < -0.3 is 10.4 Å². The Labute approximate surface area is 100 Å². The predicted octanol–water partition coefficient (Wildman–Crippen LogP) is 0.888. The molecule has 3 amide bonds. The quantitative estimate of drug-likeness (QED) is 0.624. The number of carboxylic acids is 1. The maximum Gasteiger partial charge on any atom is 0.328 e. The molecule has 0 spiro atoms. The highest BCUT2D eigenvalue weighted by Gasteiger charge is 2.14. The minimum atomic E-state index is -1.24. The van der Waals surface area contributed by atoms with Crippen LogP contribution in [0.5, 0.6) is 0 Å². The van der Waals surface area contributed by atoms with Crippen molar-refractivity contribution >= 4 is 17.9 Å². The Morgan fingerprint density at radius 2 is 1.82 bits per heavy atom. The number of carbonyl (C=O) groups is 3. The van der Waals surface area contributed by atoms with Crippen LogP contribution in [0.1, 0.15) is 27.2 Å². The third-order valence-electron chi connectivity index (χ3n) is 2.18. The van der Waals surface area contributed by atoms with Gasteiger partial charge in [0.25, 0.3) is 5.91 Å². The second-order valence-corrected chi connectivity index (χ2v) is 3.89. The first-order valence-corrected chi connectivity index (χ1v) is 5.39. The van der Waals surface area contributed by atoms with Gasteiger partial charge in [0.05, 0.1) is 0 Å². The van der Waals surface area contributed by atoms with Gasteiger partial charge in [0.1, 0.15) is 0 Å².